The maximum atomic E-state index is 12.8. The molecule has 5 nitrogen and oxygen atoms in total. The highest BCUT2D eigenvalue weighted by molar-refractivity contribution is 6.00. The molecule has 0 amide bonds. The molecule has 1 N–H and O–H groups in total. The number of allylic oxidation sites excluding steroid dienone is 2. The number of ketones is 1. The Morgan fingerprint density at radius 2 is 1.83 bits per heavy atom. The van der Waals surface area contributed by atoms with Gasteiger partial charge in [-0.15, -0.1) is 0 Å². The van der Waals surface area contributed by atoms with Crippen LogP contribution in [0.3, 0.4) is 0 Å². The van der Waals surface area contributed by atoms with Gasteiger partial charge in [-0.25, -0.2) is 0 Å². The van der Waals surface area contributed by atoms with E-state index in [1.165, 1.54) is 7.11 Å². The molecule has 0 saturated heterocycles. The third kappa shape index (κ3) is 3.68. The number of ether oxygens (including phenoxy) is 2. The van der Waals surface area contributed by atoms with Crippen LogP contribution >= 0.6 is 0 Å². The molecule has 0 spiro atoms. The Morgan fingerprint density at radius 3 is 2.59 bits per heavy atom. The van der Waals surface area contributed by atoms with Crippen LogP contribution in [0.2, 0.25) is 0 Å². The van der Waals surface area contributed by atoms with Gasteiger partial charge < -0.3 is 14.8 Å². The SMILES string of the molecule is C=C1NC2=C(C(=O)CCC2)C(c2cccc(Oc3ccccc3)c2)C1C(=O)OC. The number of carbonyl (C=O) groups excluding carboxylic acids is 2. The summed E-state index contributed by atoms with van der Waals surface area (Å²) < 4.78 is 11.0. The second-order valence-corrected chi connectivity index (χ2v) is 7.29. The lowest BCUT2D eigenvalue weighted by Gasteiger charge is -2.38. The summed E-state index contributed by atoms with van der Waals surface area (Å²) in [6.07, 6.45) is 2.05. The van der Waals surface area contributed by atoms with E-state index in [1.807, 2.05) is 54.6 Å². The van der Waals surface area contributed by atoms with Crippen molar-refractivity contribution in [3.63, 3.8) is 0 Å². The third-order valence-electron chi connectivity index (χ3n) is 5.44. The lowest BCUT2D eigenvalue weighted by Crippen LogP contribution is -2.40. The van der Waals surface area contributed by atoms with Crippen molar-refractivity contribution >= 4 is 11.8 Å². The summed E-state index contributed by atoms with van der Waals surface area (Å²) in [5.74, 6) is -0.0955. The van der Waals surface area contributed by atoms with Crippen LogP contribution < -0.4 is 10.1 Å². The monoisotopic (exact) mass is 389 g/mol. The molecule has 4 rings (SSSR count). The van der Waals surface area contributed by atoms with E-state index in [0.717, 1.165) is 29.9 Å². The number of hydrogen-bond acceptors (Lipinski definition) is 5. The first-order chi connectivity index (χ1) is 14.1. The Kier molecular flexibility index (Phi) is 5.21. The van der Waals surface area contributed by atoms with Gasteiger partial charge >= 0.3 is 5.97 Å². The molecule has 1 aliphatic heterocycles. The van der Waals surface area contributed by atoms with E-state index in [2.05, 4.69) is 11.9 Å². The quantitative estimate of drug-likeness (QED) is 0.782. The number of esters is 1. The van der Waals surface area contributed by atoms with Crippen molar-refractivity contribution in [2.45, 2.75) is 25.2 Å². The summed E-state index contributed by atoms with van der Waals surface area (Å²) in [5, 5.41) is 3.20. The van der Waals surface area contributed by atoms with Gasteiger partial charge in [-0.2, -0.15) is 0 Å². The van der Waals surface area contributed by atoms with Crippen LogP contribution in [0.1, 0.15) is 30.7 Å². The zero-order valence-corrected chi connectivity index (χ0v) is 16.3. The first-order valence-corrected chi connectivity index (χ1v) is 9.71. The average Bonchev–Trinajstić information content (AvgIpc) is 2.73. The smallest absolute Gasteiger partial charge is 0.315 e. The van der Waals surface area contributed by atoms with Gasteiger partial charge in [0, 0.05) is 29.3 Å². The molecule has 5 heteroatoms. The first kappa shape index (κ1) is 19.0. The molecule has 0 bridgehead atoms. The zero-order chi connectivity index (χ0) is 20.4. The molecule has 1 heterocycles. The van der Waals surface area contributed by atoms with E-state index in [4.69, 9.17) is 9.47 Å². The second kappa shape index (κ2) is 7.95. The summed E-state index contributed by atoms with van der Waals surface area (Å²) in [5.41, 5.74) is 2.92. The van der Waals surface area contributed by atoms with Crippen molar-refractivity contribution in [1.82, 2.24) is 5.32 Å². The molecule has 0 radical (unpaired) electrons. The summed E-state index contributed by atoms with van der Waals surface area (Å²) in [7, 11) is 1.36. The maximum absolute atomic E-state index is 12.8. The number of para-hydroxylation sites is 1. The van der Waals surface area contributed by atoms with Crippen LogP contribution in [0, 0.1) is 5.92 Å². The second-order valence-electron chi connectivity index (χ2n) is 7.29. The number of carbonyl (C=O) groups is 2. The summed E-state index contributed by atoms with van der Waals surface area (Å²) in [4.78, 5) is 25.5. The summed E-state index contributed by atoms with van der Waals surface area (Å²) in [6.45, 7) is 4.06. The molecule has 0 fully saturated rings. The molecular weight excluding hydrogens is 366 g/mol. The highest BCUT2D eigenvalue weighted by Crippen LogP contribution is 2.45. The maximum Gasteiger partial charge on any atom is 0.315 e. The van der Waals surface area contributed by atoms with Crippen molar-refractivity contribution in [2.75, 3.05) is 7.11 Å². The molecule has 29 heavy (non-hydrogen) atoms. The van der Waals surface area contributed by atoms with Crippen molar-refractivity contribution < 1.29 is 19.1 Å². The predicted molar refractivity (Wildman–Crippen MR) is 109 cm³/mol. The van der Waals surface area contributed by atoms with E-state index in [1.54, 1.807) is 0 Å². The van der Waals surface area contributed by atoms with Gasteiger partial charge in [0.05, 0.1) is 7.11 Å². The fourth-order valence-electron chi connectivity index (χ4n) is 4.15. The molecule has 2 atom stereocenters. The minimum atomic E-state index is -0.673. The van der Waals surface area contributed by atoms with E-state index < -0.39 is 17.8 Å². The van der Waals surface area contributed by atoms with Crippen LogP contribution in [0.25, 0.3) is 0 Å². The molecule has 148 valence electrons. The fourth-order valence-corrected chi connectivity index (χ4v) is 4.15. The molecule has 2 aliphatic rings. The Bertz CT molecular complexity index is 993. The van der Waals surface area contributed by atoms with Gasteiger partial charge in [-0.1, -0.05) is 36.9 Å². The van der Waals surface area contributed by atoms with Crippen molar-refractivity contribution in [2.24, 2.45) is 5.92 Å². The molecule has 2 aromatic carbocycles. The number of hydrogen-bond donors (Lipinski definition) is 1. The van der Waals surface area contributed by atoms with Crippen molar-refractivity contribution in [1.29, 1.82) is 0 Å². The van der Waals surface area contributed by atoms with Gasteiger partial charge in [-0.3, -0.25) is 9.59 Å². The Morgan fingerprint density at radius 1 is 1.07 bits per heavy atom. The Balaban J connectivity index is 1.78. The molecular formula is C24H23NO4. The standard InChI is InChI=1S/C24H23NO4/c1-15-21(24(27)28-2)22(23-19(25-15)12-7-13-20(23)26)16-8-6-11-18(14-16)29-17-9-4-3-5-10-17/h3-6,8-11,14,21-22,25H,1,7,12-13H2,2H3. The van der Waals surface area contributed by atoms with E-state index in [9.17, 15) is 9.59 Å². The van der Waals surface area contributed by atoms with Crippen LogP contribution in [-0.2, 0) is 14.3 Å². The number of rotatable bonds is 4. The topological polar surface area (TPSA) is 64.6 Å². The fraction of sp³-hybridized carbons (Fsp3) is 0.250. The molecule has 0 aromatic heterocycles. The number of nitrogens with one attached hydrogen (secondary N) is 1. The summed E-state index contributed by atoms with van der Waals surface area (Å²) >= 11 is 0. The van der Waals surface area contributed by atoms with Crippen LogP contribution in [0.15, 0.2) is 78.1 Å². The van der Waals surface area contributed by atoms with Crippen LogP contribution in [-0.4, -0.2) is 18.9 Å². The van der Waals surface area contributed by atoms with Crippen molar-refractivity contribution in [3.8, 4) is 11.5 Å². The van der Waals surface area contributed by atoms with Gasteiger partial charge in [0.15, 0.2) is 5.78 Å². The molecule has 2 unspecified atom stereocenters. The first-order valence-electron chi connectivity index (χ1n) is 9.71. The van der Waals surface area contributed by atoms with Crippen LogP contribution in [0.4, 0.5) is 0 Å². The largest absolute Gasteiger partial charge is 0.468 e. The van der Waals surface area contributed by atoms with Gasteiger partial charge in [0.25, 0.3) is 0 Å². The Hall–Kier alpha value is -3.34. The summed E-state index contributed by atoms with van der Waals surface area (Å²) in [6, 6.07) is 17.0. The highest BCUT2D eigenvalue weighted by atomic mass is 16.5. The van der Waals surface area contributed by atoms with E-state index >= 15 is 0 Å². The zero-order valence-electron chi connectivity index (χ0n) is 16.3. The molecule has 2 aromatic rings. The van der Waals surface area contributed by atoms with Gasteiger partial charge in [0.2, 0.25) is 0 Å². The van der Waals surface area contributed by atoms with Crippen LogP contribution in [0.5, 0.6) is 11.5 Å². The van der Waals surface area contributed by atoms with E-state index in [0.29, 0.717) is 23.4 Å². The Labute approximate surface area is 170 Å². The minimum absolute atomic E-state index is 0.0690. The molecule has 0 saturated carbocycles. The van der Waals surface area contributed by atoms with Crippen molar-refractivity contribution in [3.05, 3.63) is 83.7 Å². The van der Waals surface area contributed by atoms with Gasteiger partial charge in [0.1, 0.15) is 17.4 Å². The molecule has 1 aliphatic carbocycles. The third-order valence-corrected chi connectivity index (χ3v) is 5.44. The number of benzene rings is 2. The highest BCUT2D eigenvalue weighted by Gasteiger charge is 2.43. The minimum Gasteiger partial charge on any atom is -0.468 e. The average molecular weight is 389 g/mol. The number of Topliss-reactive ketones (excluding diaryl/α,β-unsaturated/α-hetero) is 1. The number of methoxy groups -OCH3 is 1. The lowest BCUT2D eigenvalue weighted by atomic mass is 9.71. The van der Waals surface area contributed by atoms with E-state index in [-0.39, 0.29) is 5.78 Å². The normalized spacial score (nSPS) is 21.3. The lowest BCUT2D eigenvalue weighted by molar-refractivity contribution is -0.144. The predicted octanol–water partition coefficient (Wildman–Crippen LogP) is 4.48. The van der Waals surface area contributed by atoms with Gasteiger partial charge in [-0.05, 0) is 42.7 Å².